The summed E-state index contributed by atoms with van der Waals surface area (Å²) in [5.41, 5.74) is 8.35. The van der Waals surface area contributed by atoms with Crippen LogP contribution in [0.15, 0.2) is 41.0 Å². The zero-order valence-electron chi connectivity index (χ0n) is 14.4. The molecule has 136 valence electrons. The Morgan fingerprint density at radius 2 is 2.04 bits per heavy atom. The van der Waals surface area contributed by atoms with E-state index in [4.69, 9.17) is 10.2 Å². The van der Waals surface area contributed by atoms with Crippen molar-refractivity contribution in [2.75, 3.05) is 12.3 Å². The molecule has 1 aliphatic rings. The quantitative estimate of drug-likeness (QED) is 0.766. The van der Waals surface area contributed by atoms with Crippen molar-refractivity contribution >= 4 is 5.82 Å². The summed E-state index contributed by atoms with van der Waals surface area (Å²) < 4.78 is 33.0. The average Bonchev–Trinajstić information content (AvgIpc) is 3.13. The van der Waals surface area contributed by atoms with E-state index >= 15 is 0 Å². The lowest BCUT2D eigenvalue weighted by atomic mass is 9.91. The Morgan fingerprint density at radius 1 is 1.26 bits per heavy atom. The van der Waals surface area contributed by atoms with Gasteiger partial charge in [0.05, 0.1) is 12.8 Å². The molecule has 0 aliphatic carbocycles. The monoisotopic (exact) mass is 366 g/mol. The highest BCUT2D eigenvalue weighted by Crippen LogP contribution is 2.36. The maximum Gasteiger partial charge on any atom is 0.142 e. The zero-order valence-corrected chi connectivity index (χ0v) is 14.4. The molecular weight excluding hydrogens is 350 g/mol. The third-order valence-corrected chi connectivity index (χ3v) is 4.68. The molecule has 3 heterocycles. The van der Waals surface area contributed by atoms with E-state index in [9.17, 15) is 14.0 Å². The number of rotatable bonds is 3. The number of nitriles is 1. The number of pyridine rings is 1. The van der Waals surface area contributed by atoms with Crippen molar-refractivity contribution in [1.82, 2.24) is 9.88 Å². The predicted octanol–water partition coefficient (Wildman–Crippen LogP) is 3.63. The molecule has 1 aromatic carbocycles. The normalized spacial score (nSPS) is 14.0. The van der Waals surface area contributed by atoms with Gasteiger partial charge in [0.1, 0.15) is 34.8 Å². The van der Waals surface area contributed by atoms with Gasteiger partial charge in [-0.2, -0.15) is 5.26 Å². The molecule has 0 fully saturated rings. The number of furan rings is 1. The number of nitrogens with two attached hydrogens (primary N) is 1. The van der Waals surface area contributed by atoms with Crippen LogP contribution in [0.5, 0.6) is 0 Å². The summed E-state index contributed by atoms with van der Waals surface area (Å²) in [6.45, 7) is 1.81. The smallest absolute Gasteiger partial charge is 0.142 e. The number of aromatic nitrogens is 1. The minimum Gasteiger partial charge on any atom is -0.468 e. The summed E-state index contributed by atoms with van der Waals surface area (Å²) in [5.74, 6) is -0.515. The number of benzene rings is 1. The van der Waals surface area contributed by atoms with Crippen LogP contribution in [-0.4, -0.2) is 16.4 Å². The third kappa shape index (κ3) is 3.27. The van der Waals surface area contributed by atoms with Gasteiger partial charge in [0.2, 0.25) is 0 Å². The summed E-state index contributed by atoms with van der Waals surface area (Å²) in [4.78, 5) is 6.50. The van der Waals surface area contributed by atoms with Crippen LogP contribution in [0.25, 0.3) is 11.1 Å². The SMILES string of the molecule is N#Cc1c(N)nc2c(c1-c1cc(F)cc(F)c1)CN(Cc1ccco1)CC2. The molecule has 2 aromatic heterocycles. The second-order valence-corrected chi connectivity index (χ2v) is 6.48. The van der Waals surface area contributed by atoms with Crippen molar-refractivity contribution in [3.63, 3.8) is 0 Å². The molecule has 2 N–H and O–H groups in total. The fourth-order valence-electron chi connectivity index (χ4n) is 3.52. The molecule has 27 heavy (non-hydrogen) atoms. The van der Waals surface area contributed by atoms with Crippen LogP contribution in [0.1, 0.15) is 22.6 Å². The highest BCUT2D eigenvalue weighted by molar-refractivity contribution is 5.79. The first-order chi connectivity index (χ1) is 13.0. The highest BCUT2D eigenvalue weighted by Gasteiger charge is 2.26. The maximum absolute atomic E-state index is 13.8. The fourth-order valence-corrected chi connectivity index (χ4v) is 3.52. The standard InChI is InChI=1S/C20H16F2N4O/c21-13-6-12(7-14(22)8-13)19-16(9-23)20(24)25-18-3-4-26(11-17(18)19)10-15-2-1-5-27-15/h1-2,5-8H,3-4,10-11H2,(H2,24,25). The van der Waals surface area contributed by atoms with Gasteiger partial charge >= 0.3 is 0 Å². The minimum atomic E-state index is -0.707. The lowest BCUT2D eigenvalue weighted by Crippen LogP contribution is -2.31. The van der Waals surface area contributed by atoms with Gasteiger partial charge in [-0.25, -0.2) is 13.8 Å². The molecule has 3 aromatic rings. The number of fused-ring (bicyclic) bond motifs is 1. The molecule has 0 atom stereocenters. The summed E-state index contributed by atoms with van der Waals surface area (Å²) in [6, 6.07) is 8.98. The first-order valence-electron chi connectivity index (χ1n) is 8.47. The van der Waals surface area contributed by atoms with Gasteiger partial charge in [0.15, 0.2) is 0 Å². The predicted molar refractivity (Wildman–Crippen MR) is 95.2 cm³/mol. The van der Waals surface area contributed by atoms with Crippen molar-refractivity contribution in [2.24, 2.45) is 0 Å². The molecule has 0 radical (unpaired) electrons. The van der Waals surface area contributed by atoms with Crippen LogP contribution in [0, 0.1) is 23.0 Å². The van der Waals surface area contributed by atoms with E-state index in [-0.39, 0.29) is 16.9 Å². The first-order valence-corrected chi connectivity index (χ1v) is 8.47. The largest absolute Gasteiger partial charge is 0.468 e. The molecule has 4 rings (SSSR count). The molecule has 0 amide bonds. The van der Waals surface area contributed by atoms with Crippen LogP contribution in [0.3, 0.4) is 0 Å². The average molecular weight is 366 g/mol. The molecule has 0 bridgehead atoms. The summed E-state index contributed by atoms with van der Waals surface area (Å²) in [6.07, 6.45) is 2.24. The number of hydrogen-bond donors (Lipinski definition) is 1. The minimum absolute atomic E-state index is 0.0791. The van der Waals surface area contributed by atoms with Gasteiger partial charge in [0.25, 0.3) is 0 Å². The van der Waals surface area contributed by atoms with Crippen LogP contribution in [0.4, 0.5) is 14.6 Å². The van der Waals surface area contributed by atoms with Gasteiger partial charge in [-0.05, 0) is 35.4 Å². The topological polar surface area (TPSA) is 79.1 Å². The Hall–Kier alpha value is -3.24. The highest BCUT2D eigenvalue weighted by atomic mass is 19.1. The molecule has 1 aliphatic heterocycles. The van der Waals surface area contributed by atoms with Gasteiger partial charge < -0.3 is 10.2 Å². The molecule has 0 unspecified atom stereocenters. The van der Waals surface area contributed by atoms with Crippen molar-refractivity contribution in [3.05, 3.63) is 70.8 Å². The Kier molecular flexibility index (Phi) is 4.34. The lowest BCUT2D eigenvalue weighted by Gasteiger charge is -2.30. The number of halogens is 2. The molecule has 5 nitrogen and oxygen atoms in total. The second kappa shape index (κ2) is 6.82. The molecule has 0 saturated carbocycles. The van der Waals surface area contributed by atoms with E-state index in [1.54, 1.807) is 6.26 Å². The summed E-state index contributed by atoms with van der Waals surface area (Å²) in [7, 11) is 0. The zero-order chi connectivity index (χ0) is 19.0. The van der Waals surface area contributed by atoms with Crippen LogP contribution in [0.2, 0.25) is 0 Å². The third-order valence-electron chi connectivity index (χ3n) is 4.68. The number of nitrogen functional groups attached to an aromatic ring is 1. The van der Waals surface area contributed by atoms with Crippen LogP contribution >= 0.6 is 0 Å². The van der Waals surface area contributed by atoms with Crippen molar-refractivity contribution in [2.45, 2.75) is 19.5 Å². The van der Waals surface area contributed by atoms with E-state index in [0.717, 1.165) is 29.6 Å². The Bertz CT molecular complexity index is 1020. The lowest BCUT2D eigenvalue weighted by molar-refractivity contribution is 0.224. The molecule has 0 spiro atoms. The Balaban J connectivity index is 1.83. The van der Waals surface area contributed by atoms with E-state index < -0.39 is 11.6 Å². The molecule has 0 saturated heterocycles. The van der Waals surface area contributed by atoms with E-state index in [1.165, 1.54) is 12.1 Å². The van der Waals surface area contributed by atoms with Crippen molar-refractivity contribution in [3.8, 4) is 17.2 Å². The summed E-state index contributed by atoms with van der Waals surface area (Å²) in [5, 5.41) is 9.59. The van der Waals surface area contributed by atoms with Gasteiger partial charge in [-0.3, -0.25) is 4.90 Å². The number of nitrogens with zero attached hydrogens (tertiary/aromatic N) is 3. The number of anilines is 1. The molecular formula is C20H16F2N4O. The van der Waals surface area contributed by atoms with E-state index in [2.05, 4.69) is 9.88 Å². The van der Waals surface area contributed by atoms with E-state index in [0.29, 0.717) is 25.1 Å². The fraction of sp³-hybridized carbons (Fsp3) is 0.200. The number of hydrogen-bond acceptors (Lipinski definition) is 5. The van der Waals surface area contributed by atoms with Gasteiger partial charge in [0, 0.05) is 36.8 Å². The van der Waals surface area contributed by atoms with Gasteiger partial charge in [-0.1, -0.05) is 0 Å². The van der Waals surface area contributed by atoms with Gasteiger partial charge in [-0.15, -0.1) is 0 Å². The first kappa shape index (κ1) is 17.2. The second-order valence-electron chi connectivity index (χ2n) is 6.48. The molecule has 7 heteroatoms. The Labute approximate surface area is 154 Å². The summed E-state index contributed by atoms with van der Waals surface area (Å²) >= 11 is 0. The van der Waals surface area contributed by atoms with Crippen molar-refractivity contribution in [1.29, 1.82) is 5.26 Å². The Morgan fingerprint density at radius 3 is 2.70 bits per heavy atom. The maximum atomic E-state index is 13.8. The van der Waals surface area contributed by atoms with Crippen LogP contribution in [-0.2, 0) is 19.5 Å². The van der Waals surface area contributed by atoms with Crippen LogP contribution < -0.4 is 5.73 Å². The van der Waals surface area contributed by atoms with E-state index in [1.807, 2.05) is 18.2 Å². The van der Waals surface area contributed by atoms with Crippen molar-refractivity contribution < 1.29 is 13.2 Å².